The second-order valence-corrected chi connectivity index (χ2v) is 4.40. The van der Waals surface area contributed by atoms with E-state index < -0.39 is 0 Å². The molecule has 1 amide bonds. The molecule has 0 aliphatic carbocycles. The van der Waals surface area contributed by atoms with Crippen molar-refractivity contribution in [1.29, 1.82) is 0 Å². The van der Waals surface area contributed by atoms with Gasteiger partial charge in [0.25, 0.3) is 5.91 Å². The third-order valence-electron chi connectivity index (χ3n) is 3.02. The average molecular weight is 258 g/mol. The Kier molecular flexibility index (Phi) is 4.30. The van der Waals surface area contributed by atoms with Crippen LogP contribution in [0.3, 0.4) is 0 Å². The number of H-pyrrole nitrogens is 1. The normalized spacial score (nSPS) is 10.4. The first-order chi connectivity index (χ1) is 9.20. The molecule has 0 saturated carbocycles. The third kappa shape index (κ3) is 3.42. The molecule has 2 aromatic rings. The van der Waals surface area contributed by atoms with E-state index >= 15 is 0 Å². The highest BCUT2D eigenvalue weighted by Crippen LogP contribution is 2.06. The van der Waals surface area contributed by atoms with Crippen molar-refractivity contribution in [1.82, 2.24) is 20.8 Å². The Labute approximate surface area is 112 Å². The summed E-state index contributed by atoms with van der Waals surface area (Å²) < 4.78 is 0. The molecule has 0 unspecified atom stereocenters. The van der Waals surface area contributed by atoms with Crippen LogP contribution in [0.15, 0.2) is 30.5 Å². The van der Waals surface area contributed by atoms with E-state index in [1.165, 1.54) is 5.56 Å². The van der Waals surface area contributed by atoms with Gasteiger partial charge in [-0.15, -0.1) is 0 Å². The average Bonchev–Trinajstić information content (AvgIpc) is 2.84. The summed E-state index contributed by atoms with van der Waals surface area (Å²) in [5, 5.41) is 12.8. The standard InChI is InChI=1S/C14H18N4O/c1-10-13(9-17-18-10)8-16-7-11-3-5-12(6-4-11)14(19)15-2/h3-6,9,16H,7-8H2,1-2H3,(H,15,19)(H,17,18). The first kappa shape index (κ1) is 13.3. The molecule has 0 spiro atoms. The van der Waals surface area contributed by atoms with Gasteiger partial charge in [0.2, 0.25) is 0 Å². The van der Waals surface area contributed by atoms with Crippen LogP contribution in [0, 0.1) is 6.92 Å². The molecule has 1 heterocycles. The zero-order valence-electron chi connectivity index (χ0n) is 11.2. The smallest absolute Gasteiger partial charge is 0.251 e. The van der Waals surface area contributed by atoms with Crippen molar-refractivity contribution < 1.29 is 4.79 Å². The van der Waals surface area contributed by atoms with Crippen molar-refractivity contribution in [2.24, 2.45) is 0 Å². The van der Waals surface area contributed by atoms with Gasteiger partial charge in [-0.25, -0.2) is 0 Å². The third-order valence-corrected chi connectivity index (χ3v) is 3.02. The fourth-order valence-corrected chi connectivity index (χ4v) is 1.81. The van der Waals surface area contributed by atoms with Crippen LogP contribution >= 0.6 is 0 Å². The lowest BCUT2D eigenvalue weighted by Crippen LogP contribution is -2.18. The predicted octanol–water partition coefficient (Wildman–Crippen LogP) is 1.37. The molecule has 3 N–H and O–H groups in total. The molecule has 2 rings (SSSR count). The Morgan fingerprint density at radius 3 is 2.58 bits per heavy atom. The van der Waals surface area contributed by atoms with E-state index in [0.717, 1.165) is 24.3 Å². The largest absolute Gasteiger partial charge is 0.355 e. The maximum Gasteiger partial charge on any atom is 0.251 e. The number of amides is 1. The van der Waals surface area contributed by atoms with Crippen LogP contribution in [-0.4, -0.2) is 23.2 Å². The fourth-order valence-electron chi connectivity index (χ4n) is 1.81. The summed E-state index contributed by atoms with van der Waals surface area (Å²) in [5.41, 5.74) is 4.08. The van der Waals surface area contributed by atoms with Gasteiger partial charge in [-0.05, 0) is 24.6 Å². The number of nitrogens with one attached hydrogen (secondary N) is 3. The number of benzene rings is 1. The van der Waals surface area contributed by atoms with Crippen LogP contribution in [0.2, 0.25) is 0 Å². The molecule has 5 heteroatoms. The second-order valence-electron chi connectivity index (χ2n) is 4.40. The fraction of sp³-hybridized carbons (Fsp3) is 0.286. The summed E-state index contributed by atoms with van der Waals surface area (Å²) in [6, 6.07) is 7.58. The number of aromatic amines is 1. The van der Waals surface area contributed by atoms with Crippen molar-refractivity contribution in [2.45, 2.75) is 20.0 Å². The van der Waals surface area contributed by atoms with E-state index in [1.807, 2.05) is 37.4 Å². The Balaban J connectivity index is 1.86. The molecular weight excluding hydrogens is 240 g/mol. The molecule has 0 radical (unpaired) electrons. The zero-order chi connectivity index (χ0) is 13.7. The number of rotatable bonds is 5. The highest BCUT2D eigenvalue weighted by Gasteiger charge is 2.03. The Hall–Kier alpha value is -2.14. The van der Waals surface area contributed by atoms with Crippen LogP contribution in [0.4, 0.5) is 0 Å². The Morgan fingerprint density at radius 2 is 2.00 bits per heavy atom. The van der Waals surface area contributed by atoms with Gasteiger partial charge in [0.15, 0.2) is 0 Å². The van der Waals surface area contributed by atoms with Gasteiger partial charge in [-0.1, -0.05) is 12.1 Å². The molecule has 19 heavy (non-hydrogen) atoms. The summed E-state index contributed by atoms with van der Waals surface area (Å²) in [6.45, 7) is 3.54. The minimum atomic E-state index is -0.0615. The molecule has 0 aliphatic heterocycles. The minimum absolute atomic E-state index is 0.0615. The van der Waals surface area contributed by atoms with Gasteiger partial charge in [0.1, 0.15) is 0 Å². The number of hydrogen-bond donors (Lipinski definition) is 3. The number of nitrogens with zero attached hydrogens (tertiary/aromatic N) is 1. The minimum Gasteiger partial charge on any atom is -0.355 e. The van der Waals surface area contributed by atoms with E-state index in [1.54, 1.807) is 7.05 Å². The second kappa shape index (κ2) is 6.15. The molecule has 1 aromatic carbocycles. The van der Waals surface area contributed by atoms with Gasteiger partial charge < -0.3 is 10.6 Å². The van der Waals surface area contributed by atoms with E-state index in [4.69, 9.17) is 0 Å². The lowest BCUT2D eigenvalue weighted by atomic mass is 10.1. The van der Waals surface area contributed by atoms with Gasteiger partial charge in [0.05, 0.1) is 6.20 Å². The summed E-state index contributed by atoms with van der Waals surface area (Å²) in [4.78, 5) is 11.4. The number of hydrogen-bond acceptors (Lipinski definition) is 3. The van der Waals surface area contributed by atoms with Crippen LogP contribution in [0.5, 0.6) is 0 Å². The number of carbonyl (C=O) groups excluding carboxylic acids is 1. The summed E-state index contributed by atoms with van der Waals surface area (Å²) in [7, 11) is 1.63. The number of carbonyl (C=O) groups is 1. The van der Waals surface area contributed by atoms with Crippen molar-refractivity contribution in [2.75, 3.05) is 7.05 Å². The Morgan fingerprint density at radius 1 is 1.26 bits per heavy atom. The van der Waals surface area contributed by atoms with E-state index in [-0.39, 0.29) is 5.91 Å². The predicted molar refractivity (Wildman–Crippen MR) is 73.7 cm³/mol. The van der Waals surface area contributed by atoms with E-state index in [9.17, 15) is 4.79 Å². The molecule has 0 aliphatic rings. The molecular formula is C14H18N4O. The van der Waals surface area contributed by atoms with E-state index in [2.05, 4.69) is 20.8 Å². The molecule has 0 fully saturated rings. The number of aromatic nitrogens is 2. The zero-order valence-corrected chi connectivity index (χ0v) is 11.2. The summed E-state index contributed by atoms with van der Waals surface area (Å²) >= 11 is 0. The van der Waals surface area contributed by atoms with Crippen LogP contribution < -0.4 is 10.6 Å². The first-order valence-corrected chi connectivity index (χ1v) is 6.21. The highest BCUT2D eigenvalue weighted by molar-refractivity contribution is 5.93. The van der Waals surface area contributed by atoms with Gasteiger partial charge in [-0.2, -0.15) is 5.10 Å². The first-order valence-electron chi connectivity index (χ1n) is 6.21. The van der Waals surface area contributed by atoms with Crippen LogP contribution in [0.1, 0.15) is 27.2 Å². The lowest BCUT2D eigenvalue weighted by molar-refractivity contribution is 0.0963. The Bertz CT molecular complexity index is 545. The lowest BCUT2D eigenvalue weighted by Gasteiger charge is -2.05. The maximum absolute atomic E-state index is 11.4. The SMILES string of the molecule is CNC(=O)c1ccc(CNCc2cn[nH]c2C)cc1. The molecule has 0 atom stereocenters. The van der Waals surface area contributed by atoms with Crippen molar-refractivity contribution in [3.8, 4) is 0 Å². The van der Waals surface area contributed by atoms with Crippen molar-refractivity contribution in [3.63, 3.8) is 0 Å². The maximum atomic E-state index is 11.4. The number of aryl methyl sites for hydroxylation is 1. The molecule has 0 saturated heterocycles. The molecule has 0 bridgehead atoms. The summed E-state index contributed by atoms with van der Waals surface area (Å²) in [5.74, 6) is -0.0615. The monoisotopic (exact) mass is 258 g/mol. The quantitative estimate of drug-likeness (QED) is 0.758. The van der Waals surface area contributed by atoms with Gasteiger partial charge in [-0.3, -0.25) is 9.89 Å². The highest BCUT2D eigenvalue weighted by atomic mass is 16.1. The van der Waals surface area contributed by atoms with Crippen LogP contribution in [-0.2, 0) is 13.1 Å². The molecule has 5 nitrogen and oxygen atoms in total. The molecule has 100 valence electrons. The van der Waals surface area contributed by atoms with E-state index in [0.29, 0.717) is 5.56 Å². The topological polar surface area (TPSA) is 69.8 Å². The molecule has 1 aromatic heterocycles. The van der Waals surface area contributed by atoms with Gasteiger partial charge >= 0.3 is 0 Å². The van der Waals surface area contributed by atoms with Crippen LogP contribution in [0.25, 0.3) is 0 Å². The van der Waals surface area contributed by atoms with Gasteiger partial charge in [0, 0.05) is 37.0 Å². The van der Waals surface area contributed by atoms with Crippen molar-refractivity contribution in [3.05, 3.63) is 52.8 Å². The summed E-state index contributed by atoms with van der Waals surface area (Å²) in [6.07, 6.45) is 1.83. The van der Waals surface area contributed by atoms with Crippen molar-refractivity contribution >= 4 is 5.91 Å².